The van der Waals surface area contributed by atoms with Gasteiger partial charge in [0.2, 0.25) is 5.91 Å². The lowest BCUT2D eigenvalue weighted by atomic mass is 10.1. The molecule has 0 aliphatic rings. The molecule has 1 aromatic heterocycles. The Morgan fingerprint density at radius 2 is 1.87 bits per heavy atom. The van der Waals surface area contributed by atoms with Crippen molar-refractivity contribution in [2.24, 2.45) is 0 Å². The molecule has 0 aliphatic heterocycles. The van der Waals surface area contributed by atoms with Crippen LogP contribution in [-0.4, -0.2) is 27.8 Å². The third-order valence-corrected chi connectivity index (χ3v) is 5.82. The number of nitrogens with zero attached hydrogens (tertiary/aromatic N) is 4. The number of thioether (sulfide) groups is 1. The average molecular weight is 435 g/mol. The van der Waals surface area contributed by atoms with Gasteiger partial charge in [-0.05, 0) is 63.1 Å². The highest BCUT2D eigenvalue weighted by Gasteiger charge is 2.19. The Labute approximate surface area is 186 Å². The molecule has 0 fully saturated rings. The maximum Gasteiger partial charge on any atom is 0.262 e. The molecule has 0 saturated carbocycles. The summed E-state index contributed by atoms with van der Waals surface area (Å²) in [6.07, 6.45) is 0.244. The molecule has 6 nitrogen and oxygen atoms in total. The fourth-order valence-corrected chi connectivity index (χ4v) is 4.56. The largest absolute Gasteiger partial charge is 0.311 e. The number of hydrogen-bond donors (Lipinski definition) is 0. The molecule has 3 aromatic rings. The van der Waals surface area contributed by atoms with E-state index < -0.39 is 0 Å². The summed E-state index contributed by atoms with van der Waals surface area (Å²) in [6.45, 7) is 8.15. The highest BCUT2D eigenvalue weighted by Crippen LogP contribution is 2.24. The number of nitriles is 1. The lowest BCUT2D eigenvalue weighted by Crippen LogP contribution is -2.34. The van der Waals surface area contributed by atoms with E-state index >= 15 is 0 Å². The van der Waals surface area contributed by atoms with E-state index in [0.29, 0.717) is 22.6 Å². The van der Waals surface area contributed by atoms with Gasteiger partial charge in [0.05, 0.1) is 29.1 Å². The van der Waals surface area contributed by atoms with Crippen LogP contribution in [0.1, 0.15) is 37.4 Å². The van der Waals surface area contributed by atoms with Crippen LogP contribution in [0.5, 0.6) is 0 Å². The maximum absolute atomic E-state index is 13.2. The van der Waals surface area contributed by atoms with Crippen molar-refractivity contribution in [3.63, 3.8) is 0 Å². The van der Waals surface area contributed by atoms with E-state index in [4.69, 9.17) is 5.26 Å². The predicted octanol–water partition coefficient (Wildman–Crippen LogP) is 4.63. The van der Waals surface area contributed by atoms with Gasteiger partial charge in [0.1, 0.15) is 0 Å². The van der Waals surface area contributed by atoms with E-state index in [9.17, 15) is 9.59 Å². The Bertz CT molecular complexity index is 1190. The van der Waals surface area contributed by atoms with E-state index in [1.54, 1.807) is 15.5 Å². The molecular formula is C24H26N4O2S. The van der Waals surface area contributed by atoms with E-state index in [-0.39, 0.29) is 29.7 Å². The summed E-state index contributed by atoms with van der Waals surface area (Å²) in [5, 5.41) is 10.1. The van der Waals surface area contributed by atoms with Crippen LogP contribution in [0.3, 0.4) is 0 Å². The van der Waals surface area contributed by atoms with Gasteiger partial charge in [-0.15, -0.1) is 0 Å². The van der Waals surface area contributed by atoms with Crippen molar-refractivity contribution in [1.82, 2.24) is 9.55 Å². The Morgan fingerprint density at radius 1 is 1.19 bits per heavy atom. The smallest absolute Gasteiger partial charge is 0.262 e. The number of aromatic nitrogens is 2. The Kier molecular flexibility index (Phi) is 7.13. The van der Waals surface area contributed by atoms with Gasteiger partial charge in [-0.3, -0.25) is 14.2 Å². The van der Waals surface area contributed by atoms with Crippen LogP contribution in [0, 0.1) is 25.2 Å². The number of benzene rings is 2. The molecule has 0 saturated heterocycles. The summed E-state index contributed by atoms with van der Waals surface area (Å²) in [5.41, 5.74) is 3.41. The second kappa shape index (κ2) is 9.80. The number of aryl methyl sites for hydroxylation is 2. The topological polar surface area (TPSA) is 79.0 Å². The fraction of sp³-hybridized carbons (Fsp3) is 0.333. The highest BCUT2D eigenvalue weighted by molar-refractivity contribution is 7.99. The van der Waals surface area contributed by atoms with Gasteiger partial charge in [0, 0.05) is 18.3 Å². The first kappa shape index (κ1) is 22.6. The molecule has 0 atom stereocenters. The van der Waals surface area contributed by atoms with Crippen molar-refractivity contribution in [3.05, 3.63) is 63.9 Å². The third kappa shape index (κ3) is 5.15. The average Bonchev–Trinajstić information content (AvgIpc) is 2.71. The summed E-state index contributed by atoms with van der Waals surface area (Å²) < 4.78 is 1.64. The second-order valence-electron chi connectivity index (χ2n) is 7.77. The molecule has 1 amide bonds. The van der Waals surface area contributed by atoms with Gasteiger partial charge >= 0.3 is 0 Å². The van der Waals surface area contributed by atoms with Gasteiger partial charge in [0.25, 0.3) is 5.56 Å². The molecule has 3 rings (SSSR count). The molecule has 0 spiro atoms. The molecule has 0 radical (unpaired) electrons. The number of amides is 1. The Morgan fingerprint density at radius 3 is 2.52 bits per heavy atom. The van der Waals surface area contributed by atoms with Gasteiger partial charge in [-0.25, -0.2) is 4.98 Å². The van der Waals surface area contributed by atoms with Crippen LogP contribution in [0.15, 0.2) is 52.4 Å². The number of hydrogen-bond acceptors (Lipinski definition) is 5. The second-order valence-corrected chi connectivity index (χ2v) is 8.71. The zero-order chi connectivity index (χ0) is 22.5. The molecule has 31 heavy (non-hydrogen) atoms. The van der Waals surface area contributed by atoms with Crippen LogP contribution in [-0.2, 0) is 4.79 Å². The van der Waals surface area contributed by atoms with Crippen LogP contribution in [0.2, 0.25) is 0 Å². The quantitative estimate of drug-likeness (QED) is 0.400. The lowest BCUT2D eigenvalue weighted by molar-refractivity contribution is -0.116. The minimum atomic E-state index is -0.122. The number of anilines is 1. The fourth-order valence-electron chi connectivity index (χ4n) is 3.55. The molecule has 0 N–H and O–H groups in total. The summed E-state index contributed by atoms with van der Waals surface area (Å²) in [4.78, 5) is 32.4. The minimum Gasteiger partial charge on any atom is -0.311 e. The SMILES string of the molecule is Cc1cc(C)cc(N(CCC#N)C(=O)CSc2nc3ccccc3c(=O)n2C(C)C)c1. The monoisotopic (exact) mass is 434 g/mol. The van der Waals surface area contributed by atoms with Crippen LogP contribution in [0.25, 0.3) is 10.9 Å². The zero-order valence-corrected chi connectivity index (χ0v) is 19.1. The van der Waals surface area contributed by atoms with Crippen LogP contribution in [0.4, 0.5) is 5.69 Å². The first-order chi connectivity index (χ1) is 14.8. The molecule has 2 aromatic carbocycles. The molecule has 0 aliphatic carbocycles. The Hall–Kier alpha value is -3.11. The summed E-state index contributed by atoms with van der Waals surface area (Å²) in [7, 11) is 0. The number of rotatable bonds is 7. The number of fused-ring (bicyclic) bond motifs is 1. The van der Waals surface area contributed by atoms with E-state index in [1.165, 1.54) is 11.8 Å². The summed E-state index contributed by atoms with van der Waals surface area (Å²) >= 11 is 1.26. The molecule has 7 heteroatoms. The predicted molar refractivity (Wildman–Crippen MR) is 126 cm³/mol. The van der Waals surface area contributed by atoms with Crippen molar-refractivity contribution in [3.8, 4) is 6.07 Å². The third-order valence-electron chi connectivity index (χ3n) is 4.88. The van der Waals surface area contributed by atoms with Crippen molar-refractivity contribution < 1.29 is 4.79 Å². The molecule has 0 unspecified atom stereocenters. The van der Waals surface area contributed by atoms with Crippen molar-refractivity contribution in [1.29, 1.82) is 5.26 Å². The van der Waals surface area contributed by atoms with E-state index in [0.717, 1.165) is 16.8 Å². The minimum absolute atomic E-state index is 0.0867. The lowest BCUT2D eigenvalue weighted by Gasteiger charge is -2.23. The van der Waals surface area contributed by atoms with Crippen molar-refractivity contribution in [2.75, 3.05) is 17.2 Å². The van der Waals surface area contributed by atoms with Gasteiger partial charge in [-0.1, -0.05) is 30.0 Å². The van der Waals surface area contributed by atoms with Crippen LogP contribution >= 0.6 is 11.8 Å². The zero-order valence-electron chi connectivity index (χ0n) is 18.3. The number of carbonyl (C=O) groups excluding carboxylic acids is 1. The van der Waals surface area contributed by atoms with E-state index in [2.05, 4.69) is 11.1 Å². The van der Waals surface area contributed by atoms with Crippen LogP contribution < -0.4 is 10.5 Å². The standard InChI is InChI=1S/C24H26N4O2S/c1-16(2)28-23(30)20-8-5-6-9-21(20)26-24(28)31-15-22(29)27(11-7-10-25)19-13-17(3)12-18(4)14-19/h5-6,8-9,12-14,16H,7,11,15H2,1-4H3. The summed E-state index contributed by atoms with van der Waals surface area (Å²) in [5.74, 6) is -0.00131. The highest BCUT2D eigenvalue weighted by atomic mass is 32.2. The molecule has 0 bridgehead atoms. The molecular weight excluding hydrogens is 408 g/mol. The first-order valence-electron chi connectivity index (χ1n) is 10.2. The van der Waals surface area contributed by atoms with E-state index in [1.807, 2.05) is 64.1 Å². The van der Waals surface area contributed by atoms with Gasteiger partial charge < -0.3 is 4.90 Å². The van der Waals surface area contributed by atoms with Gasteiger partial charge in [0.15, 0.2) is 5.16 Å². The number of carbonyl (C=O) groups is 1. The molecule has 1 heterocycles. The normalized spacial score (nSPS) is 11.0. The van der Waals surface area contributed by atoms with Crippen molar-refractivity contribution >= 4 is 34.3 Å². The molecule has 160 valence electrons. The first-order valence-corrected chi connectivity index (χ1v) is 11.2. The van der Waals surface area contributed by atoms with Gasteiger partial charge in [-0.2, -0.15) is 5.26 Å². The maximum atomic E-state index is 13.2. The van der Waals surface area contributed by atoms with Crippen molar-refractivity contribution in [2.45, 2.75) is 45.3 Å². The summed E-state index contributed by atoms with van der Waals surface area (Å²) in [6, 6.07) is 15.2. The Balaban J connectivity index is 1.91. The number of para-hydroxylation sites is 1.